The van der Waals surface area contributed by atoms with Gasteiger partial charge >= 0.3 is 0 Å². The molecule has 0 bridgehead atoms. The molecule has 3 rings (SSSR count). The Kier molecular flexibility index (Phi) is 3.15. The molecular weight excluding hydrogens is 351 g/mol. The third-order valence-corrected chi connectivity index (χ3v) is 4.68. The highest BCUT2D eigenvalue weighted by molar-refractivity contribution is 14.1. The fraction of sp³-hybridized carbons (Fsp3) is 0.467. The smallest absolute Gasteiger partial charge is 0.144 e. The van der Waals surface area contributed by atoms with E-state index in [1.54, 1.807) is 0 Å². The van der Waals surface area contributed by atoms with Crippen LogP contribution in [0.25, 0.3) is 0 Å². The summed E-state index contributed by atoms with van der Waals surface area (Å²) < 4.78 is 1.19. The van der Waals surface area contributed by atoms with Gasteiger partial charge in [0.05, 0.1) is 17.7 Å². The van der Waals surface area contributed by atoms with Crippen molar-refractivity contribution >= 4 is 34.1 Å². The number of nitrogens with zero attached hydrogens (tertiary/aromatic N) is 1. The average molecular weight is 368 g/mol. The maximum absolute atomic E-state index is 12.4. The van der Waals surface area contributed by atoms with Gasteiger partial charge in [-0.05, 0) is 52.1 Å². The second-order valence-corrected chi connectivity index (χ2v) is 7.47. The molecule has 2 atom stereocenters. The lowest BCUT2D eigenvalue weighted by Gasteiger charge is -2.36. The minimum atomic E-state index is -0.0620. The van der Waals surface area contributed by atoms with Crippen LogP contribution < -0.4 is 5.43 Å². The lowest BCUT2D eigenvalue weighted by molar-refractivity contribution is -0.126. The molecule has 4 heteroatoms. The summed E-state index contributed by atoms with van der Waals surface area (Å²) >= 11 is 2.28. The molecule has 0 amide bonds. The van der Waals surface area contributed by atoms with E-state index >= 15 is 0 Å². The zero-order valence-electron chi connectivity index (χ0n) is 11.1. The van der Waals surface area contributed by atoms with Crippen LogP contribution in [0, 0.1) is 14.9 Å². The first-order valence-corrected chi connectivity index (χ1v) is 7.66. The summed E-state index contributed by atoms with van der Waals surface area (Å²) in [6.45, 7) is 4.32. The highest BCUT2D eigenvalue weighted by Gasteiger charge is 2.46. The molecule has 1 aromatic rings. The van der Waals surface area contributed by atoms with Crippen molar-refractivity contribution < 1.29 is 4.79 Å². The normalized spacial score (nSPS) is 28.6. The number of ketones is 1. The predicted molar refractivity (Wildman–Crippen MR) is 84.1 cm³/mol. The highest BCUT2D eigenvalue weighted by Crippen LogP contribution is 2.39. The van der Waals surface area contributed by atoms with Crippen molar-refractivity contribution in [1.82, 2.24) is 5.43 Å². The van der Waals surface area contributed by atoms with Gasteiger partial charge in [-0.1, -0.05) is 26.0 Å². The number of carbonyl (C=O) groups is 1. The number of hydrazone groups is 1. The number of halogens is 1. The van der Waals surface area contributed by atoms with E-state index in [1.807, 2.05) is 0 Å². The second-order valence-electron chi connectivity index (χ2n) is 6.23. The summed E-state index contributed by atoms with van der Waals surface area (Å²) in [6, 6.07) is 8.40. The SMILES string of the molecule is CC1(C)CC(=O)[C@H]2C(c3ccc(I)cc3)=NN[C@@H]2C1. The first kappa shape index (κ1) is 13.1. The molecular formula is C15H17IN2O. The first-order valence-electron chi connectivity index (χ1n) is 6.58. The Labute approximate surface area is 127 Å². The Morgan fingerprint density at radius 3 is 2.68 bits per heavy atom. The molecule has 1 saturated carbocycles. The van der Waals surface area contributed by atoms with Gasteiger partial charge in [0.2, 0.25) is 0 Å². The lowest BCUT2D eigenvalue weighted by atomic mass is 9.68. The topological polar surface area (TPSA) is 41.5 Å². The van der Waals surface area contributed by atoms with Crippen molar-refractivity contribution in [2.24, 2.45) is 16.4 Å². The van der Waals surface area contributed by atoms with Gasteiger partial charge in [-0.25, -0.2) is 0 Å². The van der Waals surface area contributed by atoms with Crippen molar-refractivity contribution in [3.8, 4) is 0 Å². The summed E-state index contributed by atoms with van der Waals surface area (Å²) in [6.07, 6.45) is 1.65. The molecule has 100 valence electrons. The zero-order valence-corrected chi connectivity index (χ0v) is 13.3. The summed E-state index contributed by atoms with van der Waals surface area (Å²) in [5, 5.41) is 4.44. The fourth-order valence-electron chi connectivity index (χ4n) is 3.14. The summed E-state index contributed by atoms with van der Waals surface area (Å²) in [5.74, 6) is 0.261. The van der Waals surface area contributed by atoms with E-state index in [2.05, 4.69) is 71.2 Å². The minimum Gasteiger partial charge on any atom is -0.306 e. The molecule has 1 fully saturated rings. The lowest BCUT2D eigenvalue weighted by Crippen LogP contribution is -2.45. The Morgan fingerprint density at radius 1 is 1.32 bits per heavy atom. The Hall–Kier alpha value is -0.910. The number of nitrogens with one attached hydrogen (secondary N) is 1. The maximum Gasteiger partial charge on any atom is 0.144 e. The van der Waals surface area contributed by atoms with Gasteiger partial charge in [-0.15, -0.1) is 0 Å². The Balaban J connectivity index is 1.90. The van der Waals surface area contributed by atoms with Crippen LogP contribution in [0.4, 0.5) is 0 Å². The van der Waals surface area contributed by atoms with Gasteiger partial charge in [-0.2, -0.15) is 5.10 Å². The molecule has 19 heavy (non-hydrogen) atoms. The third-order valence-electron chi connectivity index (χ3n) is 3.96. The van der Waals surface area contributed by atoms with Crippen molar-refractivity contribution in [3.63, 3.8) is 0 Å². The predicted octanol–water partition coefficient (Wildman–Crippen LogP) is 2.97. The summed E-state index contributed by atoms with van der Waals surface area (Å²) in [7, 11) is 0. The van der Waals surface area contributed by atoms with Crippen molar-refractivity contribution in [2.75, 3.05) is 0 Å². The van der Waals surface area contributed by atoms with Crippen LogP contribution in [0.2, 0.25) is 0 Å². The van der Waals surface area contributed by atoms with Crippen molar-refractivity contribution in [2.45, 2.75) is 32.7 Å². The molecule has 0 spiro atoms. The van der Waals surface area contributed by atoms with Crippen LogP contribution in [0.15, 0.2) is 29.4 Å². The molecule has 1 aliphatic carbocycles. The summed E-state index contributed by atoms with van der Waals surface area (Å²) in [5.41, 5.74) is 5.24. The second kappa shape index (κ2) is 4.58. The standard InChI is InChI=1S/C15H17IN2O/c1-15(2)7-11-13(12(19)8-15)14(18-17-11)9-3-5-10(16)6-4-9/h3-6,11,13,17H,7-8H2,1-2H3/t11-,13+/m1/s1. The van der Waals surface area contributed by atoms with Crippen LogP contribution in [0.5, 0.6) is 0 Å². The quantitative estimate of drug-likeness (QED) is 0.775. The van der Waals surface area contributed by atoms with E-state index in [1.165, 1.54) is 3.57 Å². The monoisotopic (exact) mass is 368 g/mol. The number of hydrogen-bond acceptors (Lipinski definition) is 3. The van der Waals surface area contributed by atoms with Crippen LogP contribution in [-0.2, 0) is 4.79 Å². The molecule has 0 saturated heterocycles. The van der Waals surface area contributed by atoms with E-state index in [-0.39, 0.29) is 17.4 Å². The number of benzene rings is 1. The van der Waals surface area contributed by atoms with Gasteiger partial charge in [0.25, 0.3) is 0 Å². The van der Waals surface area contributed by atoms with E-state index < -0.39 is 0 Å². The average Bonchev–Trinajstić information content (AvgIpc) is 2.72. The highest BCUT2D eigenvalue weighted by atomic mass is 127. The maximum atomic E-state index is 12.4. The number of hydrogen-bond donors (Lipinski definition) is 1. The van der Waals surface area contributed by atoms with Crippen molar-refractivity contribution in [1.29, 1.82) is 0 Å². The minimum absolute atomic E-state index is 0.0620. The zero-order chi connectivity index (χ0) is 13.6. The first-order chi connectivity index (χ1) is 8.96. The van der Waals surface area contributed by atoms with E-state index in [0.29, 0.717) is 12.2 Å². The van der Waals surface area contributed by atoms with Crippen LogP contribution in [0.3, 0.4) is 0 Å². The van der Waals surface area contributed by atoms with Crippen LogP contribution in [-0.4, -0.2) is 17.5 Å². The van der Waals surface area contributed by atoms with Crippen molar-refractivity contribution in [3.05, 3.63) is 33.4 Å². The van der Waals surface area contributed by atoms with Gasteiger partial charge in [-0.3, -0.25) is 4.79 Å². The van der Waals surface area contributed by atoms with Gasteiger partial charge in [0, 0.05) is 9.99 Å². The number of rotatable bonds is 1. The van der Waals surface area contributed by atoms with Crippen LogP contribution in [0.1, 0.15) is 32.3 Å². The Bertz CT molecular complexity index is 548. The van der Waals surface area contributed by atoms with Gasteiger partial charge in [0.1, 0.15) is 5.78 Å². The molecule has 0 radical (unpaired) electrons. The number of fused-ring (bicyclic) bond motifs is 1. The number of Topliss-reactive ketones (excluding diaryl/α,β-unsaturated/α-hetero) is 1. The van der Waals surface area contributed by atoms with E-state index in [9.17, 15) is 4.79 Å². The third kappa shape index (κ3) is 2.42. The molecule has 1 heterocycles. The molecule has 1 aromatic carbocycles. The summed E-state index contributed by atoms with van der Waals surface area (Å²) in [4.78, 5) is 12.4. The largest absolute Gasteiger partial charge is 0.306 e. The fourth-order valence-corrected chi connectivity index (χ4v) is 3.50. The molecule has 1 N–H and O–H groups in total. The van der Waals surface area contributed by atoms with Gasteiger partial charge in [0.15, 0.2) is 0 Å². The molecule has 3 nitrogen and oxygen atoms in total. The van der Waals surface area contributed by atoms with Gasteiger partial charge < -0.3 is 5.43 Å². The molecule has 1 aliphatic heterocycles. The molecule has 0 aromatic heterocycles. The van der Waals surface area contributed by atoms with E-state index in [4.69, 9.17) is 0 Å². The number of carbonyl (C=O) groups excluding carboxylic acids is 1. The Morgan fingerprint density at radius 2 is 2.00 bits per heavy atom. The molecule has 0 unspecified atom stereocenters. The molecule has 2 aliphatic rings. The van der Waals surface area contributed by atoms with E-state index in [0.717, 1.165) is 17.7 Å². The van der Waals surface area contributed by atoms with Crippen LogP contribution >= 0.6 is 22.6 Å².